The first-order valence-corrected chi connectivity index (χ1v) is 9.60. The van der Waals surface area contributed by atoms with Gasteiger partial charge in [-0.25, -0.2) is 0 Å². The summed E-state index contributed by atoms with van der Waals surface area (Å²) in [6.45, 7) is 1.54. The number of aliphatic hydroxyl groups excluding tert-OH is 4. The van der Waals surface area contributed by atoms with E-state index in [4.69, 9.17) is 14.2 Å². The third-order valence-electron chi connectivity index (χ3n) is 5.53. The predicted molar refractivity (Wildman–Crippen MR) is 95.5 cm³/mol. The number of aliphatic hydroxyl groups is 4. The molecular weight excluding hydrogens is 356 g/mol. The number of allylic oxidation sites excluding steroid dienone is 2. The molecule has 156 valence electrons. The zero-order chi connectivity index (χ0) is 20.0. The number of carbonyl (C=O) groups is 1. The quantitative estimate of drug-likeness (QED) is 0.341. The zero-order valence-electron chi connectivity index (χ0n) is 15.9. The maximum atomic E-state index is 11.7. The normalized spacial score (nSPS) is 39.8. The van der Waals surface area contributed by atoms with Crippen LogP contribution in [0.1, 0.15) is 39.0 Å². The number of carbonyl (C=O) groups excluding carboxylic acids is 1. The molecule has 1 aliphatic heterocycles. The van der Waals surface area contributed by atoms with Crippen LogP contribution in [0, 0.1) is 11.8 Å². The fraction of sp³-hybridized carbons (Fsp3) is 0.842. The molecule has 0 amide bonds. The molecule has 8 unspecified atom stereocenters. The third-order valence-corrected chi connectivity index (χ3v) is 5.53. The van der Waals surface area contributed by atoms with Crippen molar-refractivity contribution in [3.05, 3.63) is 12.2 Å². The number of methoxy groups -OCH3 is 1. The van der Waals surface area contributed by atoms with E-state index in [9.17, 15) is 25.2 Å². The average Bonchev–Trinajstić information content (AvgIpc) is 3.03. The standard InChI is InChI=1S/C19H32O8/c1-3-4-5-6-12-11(9-15(21)25-2)7-8-13(12)26-19-18(24)17(23)16(22)14(10-20)27-19/h4-5,11-14,16-20,22-24H,3,6-10H2,1-2H3. The van der Waals surface area contributed by atoms with Crippen LogP contribution in [0.2, 0.25) is 0 Å². The summed E-state index contributed by atoms with van der Waals surface area (Å²) in [4.78, 5) is 11.7. The Morgan fingerprint density at radius 3 is 2.52 bits per heavy atom. The molecule has 2 rings (SSSR count). The van der Waals surface area contributed by atoms with Gasteiger partial charge in [-0.1, -0.05) is 19.1 Å². The van der Waals surface area contributed by atoms with Gasteiger partial charge in [-0.2, -0.15) is 0 Å². The number of hydrogen-bond donors (Lipinski definition) is 4. The van der Waals surface area contributed by atoms with E-state index in [2.05, 4.69) is 12.2 Å². The van der Waals surface area contributed by atoms with Crippen LogP contribution in [0.4, 0.5) is 0 Å². The molecule has 8 atom stereocenters. The molecule has 1 aliphatic carbocycles. The van der Waals surface area contributed by atoms with Gasteiger partial charge in [0.15, 0.2) is 6.29 Å². The van der Waals surface area contributed by atoms with Crippen molar-refractivity contribution >= 4 is 5.97 Å². The zero-order valence-corrected chi connectivity index (χ0v) is 15.9. The molecule has 1 saturated carbocycles. The lowest BCUT2D eigenvalue weighted by atomic mass is 9.88. The van der Waals surface area contributed by atoms with E-state index >= 15 is 0 Å². The summed E-state index contributed by atoms with van der Waals surface area (Å²) in [5, 5.41) is 39.3. The van der Waals surface area contributed by atoms with Gasteiger partial charge in [0.2, 0.25) is 0 Å². The van der Waals surface area contributed by atoms with E-state index in [0.717, 1.165) is 19.3 Å². The average molecular weight is 388 g/mol. The first-order valence-electron chi connectivity index (χ1n) is 9.60. The molecule has 0 bridgehead atoms. The van der Waals surface area contributed by atoms with E-state index < -0.39 is 37.3 Å². The van der Waals surface area contributed by atoms with Crippen LogP contribution in [-0.2, 0) is 19.0 Å². The number of ether oxygens (including phenoxy) is 3. The molecule has 1 saturated heterocycles. The Hall–Kier alpha value is -1.03. The van der Waals surface area contributed by atoms with Gasteiger partial charge in [0, 0.05) is 6.42 Å². The molecule has 2 fully saturated rings. The van der Waals surface area contributed by atoms with E-state index in [0.29, 0.717) is 12.8 Å². The van der Waals surface area contributed by atoms with Crippen LogP contribution in [0.15, 0.2) is 12.2 Å². The highest BCUT2D eigenvalue weighted by Gasteiger charge is 2.47. The molecule has 1 heterocycles. The Morgan fingerprint density at radius 1 is 1.15 bits per heavy atom. The molecule has 0 radical (unpaired) electrons. The van der Waals surface area contributed by atoms with E-state index in [1.807, 2.05) is 6.92 Å². The van der Waals surface area contributed by atoms with Gasteiger partial charge >= 0.3 is 5.97 Å². The highest BCUT2D eigenvalue weighted by atomic mass is 16.7. The summed E-state index contributed by atoms with van der Waals surface area (Å²) >= 11 is 0. The van der Waals surface area contributed by atoms with Crippen molar-refractivity contribution in [1.29, 1.82) is 0 Å². The summed E-state index contributed by atoms with van der Waals surface area (Å²) in [5.74, 6) is -0.133. The van der Waals surface area contributed by atoms with Gasteiger partial charge in [-0.3, -0.25) is 4.79 Å². The van der Waals surface area contributed by atoms with Crippen LogP contribution in [0.3, 0.4) is 0 Å². The fourth-order valence-corrected chi connectivity index (χ4v) is 3.95. The summed E-state index contributed by atoms with van der Waals surface area (Å²) < 4.78 is 16.2. The number of rotatable bonds is 8. The summed E-state index contributed by atoms with van der Waals surface area (Å²) in [7, 11) is 1.37. The van der Waals surface area contributed by atoms with Crippen molar-refractivity contribution in [2.45, 2.75) is 75.8 Å². The monoisotopic (exact) mass is 388 g/mol. The van der Waals surface area contributed by atoms with Crippen LogP contribution in [0.5, 0.6) is 0 Å². The Bertz CT molecular complexity index is 494. The minimum Gasteiger partial charge on any atom is -0.469 e. The smallest absolute Gasteiger partial charge is 0.305 e. The van der Waals surface area contributed by atoms with E-state index in [1.165, 1.54) is 7.11 Å². The SMILES string of the molecule is CCC=CCC1C(CC(=O)OC)CCC1OC1OC(CO)C(O)C(O)C1O. The Morgan fingerprint density at radius 2 is 1.89 bits per heavy atom. The first-order chi connectivity index (χ1) is 12.9. The highest BCUT2D eigenvalue weighted by molar-refractivity contribution is 5.69. The van der Waals surface area contributed by atoms with Crippen molar-refractivity contribution in [3.8, 4) is 0 Å². The van der Waals surface area contributed by atoms with Crippen molar-refractivity contribution in [2.75, 3.05) is 13.7 Å². The molecule has 0 spiro atoms. The summed E-state index contributed by atoms with van der Waals surface area (Å²) in [6.07, 6.45) is 0.775. The Balaban J connectivity index is 2.07. The molecule has 0 aromatic carbocycles. The first kappa shape index (κ1) is 22.3. The molecule has 8 heteroatoms. The van der Waals surface area contributed by atoms with Gasteiger partial charge in [0.1, 0.15) is 24.4 Å². The maximum Gasteiger partial charge on any atom is 0.305 e. The van der Waals surface area contributed by atoms with Crippen molar-refractivity contribution in [3.63, 3.8) is 0 Å². The third kappa shape index (κ3) is 5.49. The lowest BCUT2D eigenvalue weighted by molar-refractivity contribution is -0.313. The second kappa shape index (κ2) is 10.5. The molecule has 2 aliphatic rings. The second-order valence-electron chi connectivity index (χ2n) is 7.27. The molecule has 8 nitrogen and oxygen atoms in total. The number of esters is 1. The lowest BCUT2D eigenvalue weighted by Gasteiger charge is -2.41. The molecule has 0 aromatic heterocycles. The minimum absolute atomic E-state index is 0.0410. The topological polar surface area (TPSA) is 126 Å². The Kier molecular flexibility index (Phi) is 8.65. The van der Waals surface area contributed by atoms with Crippen molar-refractivity contribution in [1.82, 2.24) is 0 Å². The second-order valence-corrected chi connectivity index (χ2v) is 7.27. The van der Waals surface area contributed by atoms with Crippen molar-refractivity contribution < 1.29 is 39.4 Å². The largest absolute Gasteiger partial charge is 0.469 e. The van der Waals surface area contributed by atoms with Gasteiger partial charge < -0.3 is 34.6 Å². The molecule has 0 aromatic rings. The Labute approximate surface area is 159 Å². The van der Waals surface area contributed by atoms with Crippen LogP contribution < -0.4 is 0 Å². The van der Waals surface area contributed by atoms with Gasteiger partial charge in [-0.15, -0.1) is 0 Å². The predicted octanol–water partition coefficient (Wildman–Crippen LogP) is 0.117. The molecular formula is C19H32O8. The van der Waals surface area contributed by atoms with E-state index in [1.54, 1.807) is 0 Å². The van der Waals surface area contributed by atoms with Crippen LogP contribution in [-0.4, -0.2) is 76.9 Å². The van der Waals surface area contributed by atoms with Gasteiger partial charge in [-0.05, 0) is 37.5 Å². The fourth-order valence-electron chi connectivity index (χ4n) is 3.95. The van der Waals surface area contributed by atoms with Crippen molar-refractivity contribution in [2.24, 2.45) is 11.8 Å². The summed E-state index contributed by atoms with van der Waals surface area (Å²) in [5.41, 5.74) is 0. The van der Waals surface area contributed by atoms with Gasteiger partial charge in [0.05, 0.1) is 19.8 Å². The highest BCUT2D eigenvalue weighted by Crippen LogP contribution is 2.40. The molecule has 4 N–H and O–H groups in total. The summed E-state index contributed by atoms with van der Waals surface area (Å²) in [6, 6.07) is 0. The number of hydrogen-bond acceptors (Lipinski definition) is 8. The maximum absolute atomic E-state index is 11.7. The van der Waals surface area contributed by atoms with E-state index in [-0.39, 0.29) is 23.9 Å². The minimum atomic E-state index is -1.47. The van der Waals surface area contributed by atoms with Gasteiger partial charge in [0.25, 0.3) is 0 Å². The molecule has 27 heavy (non-hydrogen) atoms. The van der Waals surface area contributed by atoms with Crippen LogP contribution in [0.25, 0.3) is 0 Å². The van der Waals surface area contributed by atoms with Crippen LogP contribution >= 0.6 is 0 Å². The lowest BCUT2D eigenvalue weighted by Crippen LogP contribution is -2.59.